The van der Waals surface area contributed by atoms with Crippen LogP contribution < -0.4 is 5.32 Å². The minimum absolute atomic E-state index is 0.0609. The summed E-state index contributed by atoms with van der Waals surface area (Å²) in [5.74, 6) is 0.850. The fraction of sp³-hybridized carbons (Fsp3) is 1.00. The van der Waals surface area contributed by atoms with Gasteiger partial charge in [-0.3, -0.25) is 0 Å². The number of aliphatic hydroxyl groups excluding tert-OH is 1. The molecule has 0 spiro atoms. The van der Waals surface area contributed by atoms with Crippen LogP contribution in [-0.4, -0.2) is 48.3 Å². The largest absolute Gasteiger partial charge is 0.394 e. The lowest BCUT2D eigenvalue weighted by atomic mass is 9.91. The number of nitrogens with one attached hydrogen (secondary N) is 1. The molecule has 0 aromatic heterocycles. The van der Waals surface area contributed by atoms with Crippen molar-refractivity contribution in [2.75, 3.05) is 26.7 Å². The van der Waals surface area contributed by atoms with Gasteiger partial charge < -0.3 is 15.3 Å². The summed E-state index contributed by atoms with van der Waals surface area (Å²) in [6, 6.07) is 0.740. The maximum Gasteiger partial charge on any atom is 0.0613 e. The van der Waals surface area contributed by atoms with Gasteiger partial charge >= 0.3 is 0 Å². The van der Waals surface area contributed by atoms with E-state index in [1.807, 2.05) is 7.05 Å². The first-order chi connectivity index (χ1) is 8.06. The summed E-state index contributed by atoms with van der Waals surface area (Å²) < 4.78 is 0. The molecule has 0 aromatic rings. The van der Waals surface area contributed by atoms with E-state index >= 15 is 0 Å². The molecule has 0 amide bonds. The van der Waals surface area contributed by atoms with Gasteiger partial charge in [-0.1, -0.05) is 13.8 Å². The third kappa shape index (κ3) is 3.94. The average Bonchev–Trinajstić information content (AvgIpc) is 2.64. The first-order valence-corrected chi connectivity index (χ1v) is 7.10. The highest BCUT2D eigenvalue weighted by Gasteiger charge is 2.28. The van der Waals surface area contributed by atoms with Crippen LogP contribution in [0.1, 0.15) is 46.5 Å². The number of aliphatic hydroxyl groups is 1. The van der Waals surface area contributed by atoms with Crippen molar-refractivity contribution >= 4 is 0 Å². The molecule has 0 radical (unpaired) electrons. The van der Waals surface area contributed by atoms with Gasteiger partial charge in [0, 0.05) is 18.1 Å². The maximum absolute atomic E-state index is 9.49. The highest BCUT2D eigenvalue weighted by molar-refractivity contribution is 4.86. The van der Waals surface area contributed by atoms with Gasteiger partial charge in [0.05, 0.1) is 6.61 Å². The van der Waals surface area contributed by atoms with E-state index in [1.165, 1.54) is 25.9 Å². The summed E-state index contributed by atoms with van der Waals surface area (Å²) in [6.07, 6.45) is 4.57. The smallest absolute Gasteiger partial charge is 0.0613 e. The number of hydrogen-bond acceptors (Lipinski definition) is 3. The van der Waals surface area contributed by atoms with Gasteiger partial charge in [-0.05, 0) is 52.1 Å². The van der Waals surface area contributed by atoms with Crippen LogP contribution in [0.25, 0.3) is 0 Å². The standard InChI is InChI=1S/C14H30N2O/c1-5-14(11-17,15-4)7-6-8-16-10-12(2)9-13(16)3/h12-13,15,17H,5-11H2,1-4H3. The van der Waals surface area contributed by atoms with Crippen LogP contribution in [0.2, 0.25) is 0 Å². The summed E-state index contributed by atoms with van der Waals surface area (Å²) in [4.78, 5) is 2.60. The number of rotatable bonds is 7. The van der Waals surface area contributed by atoms with Crippen LogP contribution in [0.5, 0.6) is 0 Å². The van der Waals surface area contributed by atoms with E-state index < -0.39 is 0 Å². The maximum atomic E-state index is 9.49. The Balaban J connectivity index is 2.31. The Labute approximate surface area is 107 Å². The lowest BCUT2D eigenvalue weighted by Crippen LogP contribution is -2.46. The minimum Gasteiger partial charge on any atom is -0.394 e. The second-order valence-electron chi connectivity index (χ2n) is 5.83. The van der Waals surface area contributed by atoms with Crippen molar-refractivity contribution in [3.8, 4) is 0 Å². The molecule has 17 heavy (non-hydrogen) atoms. The van der Waals surface area contributed by atoms with Crippen LogP contribution >= 0.6 is 0 Å². The van der Waals surface area contributed by atoms with E-state index in [-0.39, 0.29) is 12.1 Å². The summed E-state index contributed by atoms with van der Waals surface area (Å²) in [7, 11) is 1.96. The Hall–Kier alpha value is -0.120. The van der Waals surface area contributed by atoms with E-state index in [4.69, 9.17) is 0 Å². The third-order valence-corrected chi connectivity index (χ3v) is 4.52. The molecule has 1 aliphatic heterocycles. The molecule has 0 aromatic carbocycles. The zero-order valence-corrected chi connectivity index (χ0v) is 12.0. The van der Waals surface area contributed by atoms with Gasteiger partial charge in [0.2, 0.25) is 0 Å². The molecular weight excluding hydrogens is 212 g/mol. The minimum atomic E-state index is -0.0609. The predicted octanol–water partition coefficient (Wildman–Crippen LogP) is 1.86. The second kappa shape index (κ2) is 6.72. The lowest BCUT2D eigenvalue weighted by molar-refractivity contribution is 0.145. The molecule has 1 heterocycles. The Morgan fingerprint density at radius 2 is 2.12 bits per heavy atom. The van der Waals surface area contributed by atoms with Gasteiger partial charge in [0.25, 0.3) is 0 Å². The van der Waals surface area contributed by atoms with Crippen LogP contribution in [0.15, 0.2) is 0 Å². The van der Waals surface area contributed by atoms with E-state index in [9.17, 15) is 5.11 Å². The van der Waals surface area contributed by atoms with Gasteiger partial charge in [0.15, 0.2) is 0 Å². The molecule has 1 fully saturated rings. The third-order valence-electron chi connectivity index (χ3n) is 4.52. The quantitative estimate of drug-likeness (QED) is 0.715. The number of nitrogens with zero attached hydrogens (tertiary/aromatic N) is 1. The molecule has 1 saturated heterocycles. The fourth-order valence-electron chi connectivity index (χ4n) is 3.07. The van der Waals surface area contributed by atoms with Crippen LogP contribution in [-0.2, 0) is 0 Å². The van der Waals surface area contributed by atoms with Crippen molar-refractivity contribution in [3.63, 3.8) is 0 Å². The molecule has 3 unspecified atom stereocenters. The first kappa shape index (κ1) is 14.9. The number of likely N-dealkylation sites (tertiary alicyclic amines) is 1. The van der Waals surface area contributed by atoms with E-state index in [0.717, 1.165) is 24.8 Å². The summed E-state index contributed by atoms with van der Waals surface area (Å²) in [5, 5.41) is 12.8. The van der Waals surface area contributed by atoms with Gasteiger partial charge in [-0.15, -0.1) is 0 Å². The molecule has 102 valence electrons. The Bertz CT molecular complexity index is 208. The molecule has 0 saturated carbocycles. The van der Waals surface area contributed by atoms with E-state index in [2.05, 4.69) is 31.0 Å². The Morgan fingerprint density at radius 3 is 2.53 bits per heavy atom. The van der Waals surface area contributed by atoms with Crippen molar-refractivity contribution in [1.82, 2.24) is 10.2 Å². The zero-order chi connectivity index (χ0) is 12.9. The molecule has 1 rings (SSSR count). The van der Waals surface area contributed by atoms with Crippen molar-refractivity contribution in [1.29, 1.82) is 0 Å². The number of likely N-dealkylation sites (N-methyl/N-ethyl adjacent to an activating group) is 1. The average molecular weight is 242 g/mol. The normalized spacial score (nSPS) is 29.5. The van der Waals surface area contributed by atoms with E-state index in [0.29, 0.717) is 0 Å². The molecule has 0 aliphatic carbocycles. The monoisotopic (exact) mass is 242 g/mol. The Morgan fingerprint density at radius 1 is 1.41 bits per heavy atom. The molecular formula is C14H30N2O. The topological polar surface area (TPSA) is 35.5 Å². The van der Waals surface area contributed by atoms with E-state index in [1.54, 1.807) is 0 Å². The van der Waals surface area contributed by atoms with Crippen LogP contribution in [0, 0.1) is 5.92 Å². The highest BCUT2D eigenvalue weighted by atomic mass is 16.3. The number of hydrogen-bond donors (Lipinski definition) is 2. The molecule has 0 bridgehead atoms. The first-order valence-electron chi connectivity index (χ1n) is 7.10. The van der Waals surface area contributed by atoms with Crippen molar-refractivity contribution in [2.24, 2.45) is 5.92 Å². The molecule has 3 heteroatoms. The van der Waals surface area contributed by atoms with Gasteiger partial charge in [-0.2, -0.15) is 0 Å². The fourth-order valence-corrected chi connectivity index (χ4v) is 3.07. The SMILES string of the molecule is CCC(CO)(CCCN1CC(C)CC1C)NC. The predicted molar refractivity (Wildman–Crippen MR) is 73.2 cm³/mol. The van der Waals surface area contributed by atoms with Crippen LogP contribution in [0.4, 0.5) is 0 Å². The Kier molecular flexibility index (Phi) is 5.90. The molecule has 3 atom stereocenters. The zero-order valence-electron chi connectivity index (χ0n) is 12.0. The molecule has 2 N–H and O–H groups in total. The van der Waals surface area contributed by atoms with Crippen LogP contribution in [0.3, 0.4) is 0 Å². The summed E-state index contributed by atoms with van der Waals surface area (Å²) >= 11 is 0. The van der Waals surface area contributed by atoms with Gasteiger partial charge in [-0.25, -0.2) is 0 Å². The van der Waals surface area contributed by atoms with Crippen molar-refractivity contribution in [2.45, 2.75) is 58.0 Å². The van der Waals surface area contributed by atoms with Crippen molar-refractivity contribution in [3.05, 3.63) is 0 Å². The highest BCUT2D eigenvalue weighted by Crippen LogP contribution is 2.24. The molecule has 1 aliphatic rings. The molecule has 3 nitrogen and oxygen atoms in total. The van der Waals surface area contributed by atoms with Gasteiger partial charge in [0.1, 0.15) is 0 Å². The lowest BCUT2D eigenvalue weighted by Gasteiger charge is -2.31. The second-order valence-corrected chi connectivity index (χ2v) is 5.83. The summed E-state index contributed by atoms with van der Waals surface area (Å²) in [5.41, 5.74) is -0.0609. The van der Waals surface area contributed by atoms with Crippen molar-refractivity contribution < 1.29 is 5.11 Å². The summed E-state index contributed by atoms with van der Waals surface area (Å²) in [6.45, 7) is 9.49.